The van der Waals surface area contributed by atoms with E-state index in [1.165, 1.54) is 17.9 Å². The third-order valence-corrected chi connectivity index (χ3v) is 2.27. The maximum atomic E-state index is 11.6. The second kappa shape index (κ2) is 4.62. The van der Waals surface area contributed by atoms with Gasteiger partial charge >= 0.3 is 0 Å². The summed E-state index contributed by atoms with van der Waals surface area (Å²) in [5.74, 6) is 0.244. The monoisotopic (exact) mass is 212 g/mol. The molecule has 2 rings (SSSR count). The normalized spacial score (nSPS) is 10.8. The summed E-state index contributed by atoms with van der Waals surface area (Å²) in [5.41, 5.74) is 2.21. The molecule has 0 unspecified atom stereocenters. The van der Waals surface area contributed by atoms with Crippen molar-refractivity contribution in [2.75, 3.05) is 0 Å². The molecule has 2 heteroatoms. The molecule has 1 heterocycles. The highest BCUT2D eigenvalue weighted by Gasteiger charge is 2.02. The lowest BCUT2D eigenvalue weighted by atomic mass is 10.1. The summed E-state index contributed by atoms with van der Waals surface area (Å²) in [6, 6.07) is 11.3. The van der Waals surface area contributed by atoms with E-state index in [-0.39, 0.29) is 5.78 Å². The first-order chi connectivity index (χ1) is 7.75. The number of benzene rings is 1. The third kappa shape index (κ3) is 2.48. The van der Waals surface area contributed by atoms with Crippen LogP contribution in [-0.2, 0) is 0 Å². The number of hydrogen-bond acceptors (Lipinski definition) is 2. The molecule has 0 amide bonds. The van der Waals surface area contributed by atoms with Gasteiger partial charge in [-0.1, -0.05) is 35.9 Å². The smallest absolute Gasteiger partial charge is 0.221 e. The summed E-state index contributed by atoms with van der Waals surface area (Å²) < 4.78 is 5.00. The first-order valence-electron chi connectivity index (χ1n) is 5.08. The van der Waals surface area contributed by atoms with Crippen LogP contribution in [0.1, 0.15) is 21.7 Å². The van der Waals surface area contributed by atoms with Gasteiger partial charge in [0.15, 0.2) is 5.76 Å². The Bertz CT molecular complexity index is 490. The fraction of sp³-hybridized carbons (Fsp3) is 0.0714. The van der Waals surface area contributed by atoms with Crippen LogP contribution >= 0.6 is 0 Å². The van der Waals surface area contributed by atoms with Crippen LogP contribution in [0.2, 0.25) is 0 Å². The Balaban J connectivity index is 2.10. The maximum Gasteiger partial charge on any atom is 0.221 e. The highest BCUT2D eigenvalue weighted by molar-refractivity contribution is 6.04. The molecule has 0 spiro atoms. The van der Waals surface area contributed by atoms with Crippen LogP contribution in [0.15, 0.2) is 53.2 Å². The first kappa shape index (κ1) is 10.4. The molecule has 1 aromatic carbocycles. The summed E-state index contributed by atoms with van der Waals surface area (Å²) in [5, 5.41) is 0. The van der Waals surface area contributed by atoms with Gasteiger partial charge in [0.1, 0.15) is 0 Å². The van der Waals surface area contributed by atoms with E-state index in [0.29, 0.717) is 5.76 Å². The van der Waals surface area contributed by atoms with E-state index in [1.807, 2.05) is 31.2 Å². The van der Waals surface area contributed by atoms with E-state index in [2.05, 4.69) is 0 Å². The quantitative estimate of drug-likeness (QED) is 0.576. The molecule has 0 aliphatic heterocycles. The average Bonchev–Trinajstić information content (AvgIpc) is 2.81. The Morgan fingerprint density at radius 3 is 2.56 bits per heavy atom. The molecule has 0 aliphatic carbocycles. The second-order valence-corrected chi connectivity index (χ2v) is 3.59. The first-order valence-corrected chi connectivity index (χ1v) is 5.08. The number of hydrogen-bond donors (Lipinski definition) is 0. The van der Waals surface area contributed by atoms with E-state index < -0.39 is 0 Å². The van der Waals surface area contributed by atoms with Crippen LogP contribution in [0.4, 0.5) is 0 Å². The van der Waals surface area contributed by atoms with Crippen molar-refractivity contribution < 1.29 is 9.21 Å². The minimum absolute atomic E-state index is 0.120. The molecule has 0 radical (unpaired) electrons. The number of ketones is 1. The molecule has 2 nitrogen and oxygen atoms in total. The number of aryl methyl sites for hydroxylation is 1. The Morgan fingerprint density at radius 2 is 1.94 bits per heavy atom. The average molecular weight is 212 g/mol. The Labute approximate surface area is 94.2 Å². The molecule has 0 saturated carbocycles. The van der Waals surface area contributed by atoms with Crippen molar-refractivity contribution in [1.82, 2.24) is 0 Å². The Hall–Kier alpha value is -2.09. The van der Waals surface area contributed by atoms with E-state index >= 15 is 0 Å². The van der Waals surface area contributed by atoms with Crippen molar-refractivity contribution in [2.24, 2.45) is 0 Å². The number of carbonyl (C=O) groups is 1. The lowest BCUT2D eigenvalue weighted by Gasteiger charge is -1.94. The largest absolute Gasteiger partial charge is 0.461 e. The fourth-order valence-corrected chi connectivity index (χ4v) is 1.35. The minimum Gasteiger partial charge on any atom is -0.461 e. The SMILES string of the molecule is Cc1ccc(/C=C/C(=O)c2ccco2)cc1. The standard InChI is InChI=1S/C14H12O2/c1-11-4-6-12(7-5-11)8-9-13(15)14-3-2-10-16-14/h2-10H,1H3/b9-8+. The zero-order valence-electron chi connectivity index (χ0n) is 9.01. The van der Waals surface area contributed by atoms with E-state index in [4.69, 9.17) is 4.42 Å². The molecule has 2 aromatic rings. The van der Waals surface area contributed by atoms with Gasteiger partial charge in [0, 0.05) is 0 Å². The van der Waals surface area contributed by atoms with Crippen LogP contribution in [-0.4, -0.2) is 5.78 Å². The van der Waals surface area contributed by atoms with Gasteiger partial charge in [-0.15, -0.1) is 0 Å². The fourth-order valence-electron chi connectivity index (χ4n) is 1.35. The lowest BCUT2D eigenvalue weighted by Crippen LogP contribution is -1.90. The van der Waals surface area contributed by atoms with Crippen molar-refractivity contribution in [1.29, 1.82) is 0 Å². The van der Waals surface area contributed by atoms with Crippen molar-refractivity contribution in [3.05, 3.63) is 65.6 Å². The van der Waals surface area contributed by atoms with Crippen LogP contribution in [0, 0.1) is 6.92 Å². The third-order valence-electron chi connectivity index (χ3n) is 2.27. The molecule has 1 aromatic heterocycles. The topological polar surface area (TPSA) is 30.2 Å². The zero-order valence-corrected chi connectivity index (χ0v) is 9.01. The van der Waals surface area contributed by atoms with E-state index in [0.717, 1.165) is 5.56 Å². The summed E-state index contributed by atoms with van der Waals surface area (Å²) >= 11 is 0. The molecule has 80 valence electrons. The molecular weight excluding hydrogens is 200 g/mol. The van der Waals surface area contributed by atoms with E-state index in [1.54, 1.807) is 18.2 Å². The van der Waals surface area contributed by atoms with Crippen LogP contribution in [0.5, 0.6) is 0 Å². The highest BCUT2D eigenvalue weighted by atomic mass is 16.3. The van der Waals surface area contributed by atoms with Crippen LogP contribution in [0.25, 0.3) is 6.08 Å². The highest BCUT2D eigenvalue weighted by Crippen LogP contribution is 2.07. The molecule has 0 atom stereocenters. The van der Waals surface area contributed by atoms with E-state index in [9.17, 15) is 4.79 Å². The van der Waals surface area contributed by atoms with Crippen LogP contribution < -0.4 is 0 Å². The minimum atomic E-state index is -0.120. The molecule has 0 saturated heterocycles. The predicted octanol–water partition coefficient (Wildman–Crippen LogP) is 3.48. The Kier molecular flexibility index (Phi) is 3.01. The van der Waals surface area contributed by atoms with Crippen molar-refractivity contribution in [2.45, 2.75) is 6.92 Å². The molecular formula is C14H12O2. The molecule has 0 fully saturated rings. The summed E-state index contributed by atoms with van der Waals surface area (Å²) in [4.78, 5) is 11.6. The van der Waals surface area contributed by atoms with Crippen molar-refractivity contribution >= 4 is 11.9 Å². The second-order valence-electron chi connectivity index (χ2n) is 3.59. The van der Waals surface area contributed by atoms with Gasteiger partial charge in [0.25, 0.3) is 0 Å². The summed E-state index contributed by atoms with van der Waals surface area (Å²) in [6.07, 6.45) is 4.79. The molecule has 0 N–H and O–H groups in total. The van der Waals surface area contributed by atoms with Gasteiger partial charge in [-0.2, -0.15) is 0 Å². The van der Waals surface area contributed by atoms with Gasteiger partial charge in [0.05, 0.1) is 6.26 Å². The maximum absolute atomic E-state index is 11.6. The molecule has 16 heavy (non-hydrogen) atoms. The van der Waals surface area contributed by atoms with Gasteiger partial charge in [-0.05, 0) is 30.7 Å². The predicted molar refractivity (Wildman–Crippen MR) is 63.3 cm³/mol. The Morgan fingerprint density at radius 1 is 1.19 bits per heavy atom. The summed E-state index contributed by atoms with van der Waals surface area (Å²) in [6.45, 7) is 2.03. The molecule has 0 bridgehead atoms. The number of allylic oxidation sites excluding steroid dienone is 1. The van der Waals surface area contributed by atoms with Gasteiger partial charge < -0.3 is 4.42 Å². The van der Waals surface area contributed by atoms with Crippen LogP contribution in [0.3, 0.4) is 0 Å². The number of carbonyl (C=O) groups excluding carboxylic acids is 1. The van der Waals surface area contributed by atoms with Gasteiger partial charge in [0.2, 0.25) is 5.78 Å². The van der Waals surface area contributed by atoms with Gasteiger partial charge in [-0.25, -0.2) is 0 Å². The number of furan rings is 1. The summed E-state index contributed by atoms with van der Waals surface area (Å²) in [7, 11) is 0. The van der Waals surface area contributed by atoms with Crippen molar-refractivity contribution in [3.8, 4) is 0 Å². The lowest BCUT2D eigenvalue weighted by molar-refractivity contribution is 0.102. The van der Waals surface area contributed by atoms with Gasteiger partial charge in [-0.3, -0.25) is 4.79 Å². The number of rotatable bonds is 3. The van der Waals surface area contributed by atoms with Crippen molar-refractivity contribution in [3.63, 3.8) is 0 Å². The zero-order chi connectivity index (χ0) is 11.4. The molecule has 0 aliphatic rings.